The van der Waals surface area contributed by atoms with E-state index in [0.717, 1.165) is 25.3 Å². The van der Waals surface area contributed by atoms with Crippen LogP contribution in [0.15, 0.2) is 24.3 Å². The van der Waals surface area contributed by atoms with Crippen LogP contribution in [0.25, 0.3) is 0 Å². The maximum Gasteiger partial charge on any atom is 0.349 e. The number of fused-ring (bicyclic) bond motifs is 1. The lowest BCUT2D eigenvalue weighted by Crippen LogP contribution is -2.29. The molecule has 2 atom stereocenters. The molecular weight excluding hydrogens is 377 g/mol. The van der Waals surface area contributed by atoms with E-state index in [1.54, 1.807) is 0 Å². The third kappa shape index (κ3) is 4.24. The van der Waals surface area contributed by atoms with Gasteiger partial charge < -0.3 is 10.1 Å². The molecule has 7 heteroatoms. The number of anilines is 1. The minimum atomic E-state index is -0.998. The summed E-state index contributed by atoms with van der Waals surface area (Å²) in [5.41, 5.74) is 1.47. The number of nitrogens with one attached hydrogen (secondary N) is 1. The minimum Gasteiger partial charge on any atom is -0.448 e. The number of amides is 1. The minimum absolute atomic E-state index is 0.0805. The maximum atomic E-state index is 13.1. The molecule has 26 heavy (non-hydrogen) atoms. The highest BCUT2D eigenvalue weighted by molar-refractivity contribution is 7.14. The number of esters is 1. The van der Waals surface area contributed by atoms with Gasteiger partial charge in [0.2, 0.25) is 0 Å². The number of ether oxygens (including phenoxy) is 1. The predicted molar refractivity (Wildman–Crippen MR) is 100 cm³/mol. The normalized spacial score (nSPS) is 17.3. The fourth-order valence-corrected chi connectivity index (χ4v) is 4.21. The third-order valence-corrected chi connectivity index (χ3v) is 5.90. The van der Waals surface area contributed by atoms with Gasteiger partial charge in [0.1, 0.15) is 10.7 Å². The molecule has 1 aromatic heterocycles. The van der Waals surface area contributed by atoms with Crippen LogP contribution in [-0.2, 0) is 22.4 Å². The van der Waals surface area contributed by atoms with E-state index < -0.39 is 23.8 Å². The topological polar surface area (TPSA) is 55.4 Å². The fourth-order valence-electron chi connectivity index (χ4n) is 2.90. The number of hydrogen-bond acceptors (Lipinski definition) is 4. The molecule has 0 fully saturated rings. The maximum absolute atomic E-state index is 13.1. The summed E-state index contributed by atoms with van der Waals surface area (Å²) in [5, 5.41) is 2.62. The predicted octanol–water partition coefficient (Wildman–Crippen LogP) is 4.85. The molecule has 0 saturated heterocycles. The molecule has 1 aromatic carbocycles. The van der Waals surface area contributed by atoms with E-state index in [4.69, 9.17) is 16.3 Å². The average Bonchev–Trinajstić information content (AvgIpc) is 3.00. The number of carbonyl (C=O) groups is 2. The first-order chi connectivity index (χ1) is 12.3. The van der Waals surface area contributed by atoms with Crippen molar-refractivity contribution in [1.29, 1.82) is 0 Å². The van der Waals surface area contributed by atoms with Crippen LogP contribution in [0.1, 0.15) is 40.4 Å². The van der Waals surface area contributed by atoms with Crippen LogP contribution in [0.5, 0.6) is 0 Å². The highest BCUT2D eigenvalue weighted by Crippen LogP contribution is 2.32. The lowest BCUT2D eigenvalue weighted by atomic mass is 9.90. The van der Waals surface area contributed by atoms with Gasteiger partial charge in [-0.1, -0.05) is 18.5 Å². The van der Waals surface area contributed by atoms with Crippen LogP contribution >= 0.6 is 22.9 Å². The molecule has 138 valence electrons. The van der Waals surface area contributed by atoms with Gasteiger partial charge in [-0.05, 0) is 61.9 Å². The molecule has 0 aliphatic heterocycles. The van der Waals surface area contributed by atoms with Crippen molar-refractivity contribution in [3.8, 4) is 0 Å². The molecular formula is C19H19ClFNO3S. The standard InChI is InChI=1S/C19H19ClFNO3S/c1-10-3-6-16-12(7-10)8-17(26-16)19(24)25-11(2)18(23)22-15-5-4-13(21)9-14(15)20/h4-5,8-11H,3,6-7H2,1-2H3,(H,22,23)/t10-,11+/m1/s1. The van der Waals surface area contributed by atoms with Crippen molar-refractivity contribution in [3.05, 3.63) is 50.4 Å². The largest absolute Gasteiger partial charge is 0.448 e. The Morgan fingerprint density at radius 1 is 1.38 bits per heavy atom. The van der Waals surface area contributed by atoms with Crippen LogP contribution in [0.3, 0.4) is 0 Å². The molecule has 2 aromatic rings. The Bertz CT molecular complexity index is 851. The molecule has 4 nitrogen and oxygen atoms in total. The molecule has 0 spiro atoms. The van der Waals surface area contributed by atoms with Crippen molar-refractivity contribution >= 4 is 40.5 Å². The van der Waals surface area contributed by atoms with E-state index in [1.165, 1.54) is 40.8 Å². The monoisotopic (exact) mass is 395 g/mol. The first-order valence-corrected chi connectivity index (χ1v) is 9.61. The molecule has 3 rings (SSSR count). The molecule has 0 saturated carbocycles. The van der Waals surface area contributed by atoms with E-state index in [0.29, 0.717) is 10.8 Å². The molecule has 1 aliphatic rings. The van der Waals surface area contributed by atoms with E-state index in [1.807, 2.05) is 6.07 Å². The molecule has 1 N–H and O–H groups in total. The molecule has 0 radical (unpaired) electrons. The van der Waals surface area contributed by atoms with Gasteiger partial charge >= 0.3 is 5.97 Å². The van der Waals surface area contributed by atoms with Crippen molar-refractivity contribution in [2.75, 3.05) is 5.32 Å². The summed E-state index contributed by atoms with van der Waals surface area (Å²) in [6.07, 6.45) is 2.08. The SMILES string of the molecule is C[C@@H]1CCc2sc(C(=O)O[C@@H](C)C(=O)Nc3ccc(F)cc3Cl)cc2C1. The Labute approximate surface area is 160 Å². The number of thiophene rings is 1. The number of hydrogen-bond donors (Lipinski definition) is 1. The smallest absolute Gasteiger partial charge is 0.349 e. The fraction of sp³-hybridized carbons (Fsp3) is 0.368. The third-order valence-electron chi connectivity index (χ3n) is 4.37. The van der Waals surface area contributed by atoms with Crippen molar-refractivity contribution < 1.29 is 18.7 Å². The quantitative estimate of drug-likeness (QED) is 0.753. The van der Waals surface area contributed by atoms with Gasteiger partial charge in [0.15, 0.2) is 6.10 Å². The number of benzene rings is 1. The summed E-state index contributed by atoms with van der Waals surface area (Å²) in [5.74, 6) is -0.915. The number of carbonyl (C=O) groups excluding carboxylic acids is 2. The molecule has 1 amide bonds. The van der Waals surface area contributed by atoms with Crippen molar-refractivity contribution in [2.45, 2.75) is 39.2 Å². The molecule has 0 bridgehead atoms. The van der Waals surface area contributed by atoms with Crippen molar-refractivity contribution in [1.82, 2.24) is 0 Å². The summed E-state index contributed by atoms with van der Waals surface area (Å²) in [7, 11) is 0. The van der Waals surface area contributed by atoms with Crippen LogP contribution < -0.4 is 5.32 Å². The molecule has 0 unspecified atom stereocenters. The summed E-state index contributed by atoms with van der Waals surface area (Å²) in [4.78, 5) is 26.3. The van der Waals surface area contributed by atoms with Gasteiger partial charge in [-0.25, -0.2) is 9.18 Å². The second-order valence-electron chi connectivity index (χ2n) is 6.57. The van der Waals surface area contributed by atoms with Gasteiger partial charge in [-0.3, -0.25) is 4.79 Å². The van der Waals surface area contributed by atoms with Crippen LogP contribution in [-0.4, -0.2) is 18.0 Å². The zero-order valence-electron chi connectivity index (χ0n) is 14.5. The van der Waals surface area contributed by atoms with Gasteiger partial charge in [-0.2, -0.15) is 0 Å². The Balaban J connectivity index is 1.62. The summed E-state index contributed by atoms with van der Waals surface area (Å²) in [6.45, 7) is 3.69. The first kappa shape index (κ1) is 18.9. The number of aryl methyl sites for hydroxylation is 1. The average molecular weight is 396 g/mol. The van der Waals surface area contributed by atoms with E-state index in [9.17, 15) is 14.0 Å². The summed E-state index contributed by atoms with van der Waals surface area (Å²) < 4.78 is 18.3. The second kappa shape index (κ2) is 7.76. The zero-order chi connectivity index (χ0) is 18.8. The van der Waals surface area contributed by atoms with E-state index in [2.05, 4.69) is 12.2 Å². The lowest BCUT2D eigenvalue weighted by Gasteiger charge is -2.16. The Hall–Kier alpha value is -1.92. The van der Waals surface area contributed by atoms with Gasteiger partial charge in [0.25, 0.3) is 5.91 Å². The Kier molecular flexibility index (Phi) is 5.63. The molecule has 1 aliphatic carbocycles. The van der Waals surface area contributed by atoms with E-state index >= 15 is 0 Å². The first-order valence-electron chi connectivity index (χ1n) is 8.42. The number of halogens is 2. The van der Waals surface area contributed by atoms with Gasteiger partial charge in [0, 0.05) is 4.88 Å². The Morgan fingerprint density at radius 3 is 2.88 bits per heavy atom. The molecule has 1 heterocycles. The number of rotatable bonds is 4. The van der Waals surface area contributed by atoms with Crippen molar-refractivity contribution in [2.24, 2.45) is 5.92 Å². The van der Waals surface area contributed by atoms with Crippen LogP contribution in [0, 0.1) is 11.7 Å². The summed E-state index contributed by atoms with van der Waals surface area (Å²) >= 11 is 7.33. The van der Waals surface area contributed by atoms with E-state index in [-0.39, 0.29) is 10.7 Å². The Morgan fingerprint density at radius 2 is 2.15 bits per heavy atom. The lowest BCUT2D eigenvalue weighted by molar-refractivity contribution is -0.123. The highest BCUT2D eigenvalue weighted by Gasteiger charge is 2.24. The highest BCUT2D eigenvalue weighted by atomic mass is 35.5. The zero-order valence-corrected chi connectivity index (χ0v) is 16.0. The van der Waals surface area contributed by atoms with Crippen LogP contribution in [0.4, 0.5) is 10.1 Å². The second-order valence-corrected chi connectivity index (χ2v) is 8.11. The van der Waals surface area contributed by atoms with Crippen molar-refractivity contribution in [3.63, 3.8) is 0 Å². The summed E-state index contributed by atoms with van der Waals surface area (Å²) in [6, 6.07) is 5.53. The van der Waals surface area contributed by atoms with Gasteiger partial charge in [-0.15, -0.1) is 11.3 Å². The van der Waals surface area contributed by atoms with Gasteiger partial charge in [0.05, 0.1) is 10.7 Å². The van der Waals surface area contributed by atoms with Crippen LogP contribution in [0.2, 0.25) is 5.02 Å².